The van der Waals surface area contributed by atoms with Crippen LogP contribution in [0.2, 0.25) is 5.02 Å². The Kier molecular flexibility index (Phi) is 3.11. The maximum absolute atomic E-state index is 6.33. The van der Waals surface area contributed by atoms with Crippen molar-refractivity contribution in [3.63, 3.8) is 0 Å². The van der Waals surface area contributed by atoms with Crippen molar-refractivity contribution in [2.75, 3.05) is 5.73 Å². The number of benzene rings is 1. The van der Waals surface area contributed by atoms with Crippen LogP contribution in [0.5, 0.6) is 0 Å². The average Bonchev–Trinajstić information content (AvgIpc) is 2.64. The number of nitrogens with one attached hydrogen (secondary N) is 1. The summed E-state index contributed by atoms with van der Waals surface area (Å²) >= 11 is 6.33. The zero-order valence-corrected chi connectivity index (χ0v) is 11.0. The van der Waals surface area contributed by atoms with Gasteiger partial charge in [-0.1, -0.05) is 43.6 Å². The first-order chi connectivity index (χ1) is 8.02. The van der Waals surface area contributed by atoms with E-state index >= 15 is 0 Å². The molecule has 0 fully saturated rings. The Hall–Kier alpha value is -1.48. The molecule has 0 unspecified atom stereocenters. The van der Waals surface area contributed by atoms with Crippen LogP contribution in [0.3, 0.4) is 0 Å². The molecule has 0 saturated heterocycles. The van der Waals surface area contributed by atoms with Crippen LogP contribution in [0.15, 0.2) is 18.2 Å². The number of nitrogen functional groups attached to an aromatic ring is 1. The molecule has 0 atom stereocenters. The van der Waals surface area contributed by atoms with Crippen LogP contribution >= 0.6 is 11.6 Å². The van der Waals surface area contributed by atoms with Gasteiger partial charge < -0.3 is 5.73 Å². The molecule has 0 radical (unpaired) electrons. The Morgan fingerprint density at radius 3 is 2.71 bits per heavy atom. The fourth-order valence-electron chi connectivity index (χ4n) is 1.99. The summed E-state index contributed by atoms with van der Waals surface area (Å²) in [6, 6.07) is 5.95. The summed E-state index contributed by atoms with van der Waals surface area (Å²) in [6.45, 7) is 6.17. The zero-order chi connectivity index (χ0) is 12.6. The summed E-state index contributed by atoms with van der Waals surface area (Å²) in [5.41, 5.74) is 9.84. The van der Waals surface area contributed by atoms with Gasteiger partial charge in [0.1, 0.15) is 5.82 Å². The first-order valence-corrected chi connectivity index (χ1v) is 5.99. The van der Waals surface area contributed by atoms with E-state index in [0.717, 1.165) is 27.4 Å². The minimum Gasteiger partial charge on any atom is -0.382 e. The maximum Gasteiger partial charge on any atom is 0.149 e. The van der Waals surface area contributed by atoms with Crippen molar-refractivity contribution in [2.24, 2.45) is 0 Å². The molecule has 0 aliphatic carbocycles. The van der Waals surface area contributed by atoms with Crippen LogP contribution in [0.4, 0.5) is 5.82 Å². The van der Waals surface area contributed by atoms with E-state index in [1.807, 2.05) is 25.1 Å². The van der Waals surface area contributed by atoms with Gasteiger partial charge in [0, 0.05) is 11.1 Å². The average molecular weight is 250 g/mol. The molecule has 0 saturated carbocycles. The number of rotatable bonds is 2. The molecule has 0 aliphatic rings. The van der Waals surface area contributed by atoms with Crippen LogP contribution in [-0.4, -0.2) is 10.2 Å². The number of hydrogen-bond donors (Lipinski definition) is 2. The van der Waals surface area contributed by atoms with Gasteiger partial charge in [0.05, 0.1) is 10.7 Å². The molecule has 0 aliphatic heterocycles. The highest BCUT2D eigenvalue weighted by atomic mass is 35.5. The summed E-state index contributed by atoms with van der Waals surface area (Å²) in [5, 5.41) is 7.81. The smallest absolute Gasteiger partial charge is 0.149 e. The first-order valence-electron chi connectivity index (χ1n) is 5.61. The Balaban J connectivity index is 2.65. The Labute approximate surface area is 106 Å². The van der Waals surface area contributed by atoms with Crippen LogP contribution in [0, 0.1) is 6.92 Å². The van der Waals surface area contributed by atoms with Gasteiger partial charge in [-0.15, -0.1) is 0 Å². The zero-order valence-electron chi connectivity index (χ0n) is 10.2. The minimum absolute atomic E-state index is 0.306. The van der Waals surface area contributed by atoms with E-state index in [-0.39, 0.29) is 0 Å². The number of H-pyrrole nitrogens is 1. The van der Waals surface area contributed by atoms with Gasteiger partial charge in [-0.2, -0.15) is 5.10 Å². The van der Waals surface area contributed by atoms with E-state index < -0.39 is 0 Å². The standard InChI is InChI=1S/C13H16ClN3/c1-7(2)10-12(16-17-13(10)15)9-6-4-5-8(3)11(9)14/h4-7H,1-3H3,(H3,15,16,17). The molecule has 1 aromatic heterocycles. The SMILES string of the molecule is Cc1cccc(-c2[nH]nc(N)c2C(C)C)c1Cl. The molecule has 0 bridgehead atoms. The third-order valence-electron chi connectivity index (χ3n) is 2.87. The molecule has 2 rings (SSSR count). The predicted octanol–water partition coefficient (Wildman–Crippen LogP) is 3.74. The van der Waals surface area contributed by atoms with Crippen LogP contribution < -0.4 is 5.73 Å². The van der Waals surface area contributed by atoms with Crippen molar-refractivity contribution in [2.45, 2.75) is 26.7 Å². The summed E-state index contributed by atoms with van der Waals surface area (Å²) in [6.07, 6.45) is 0. The third-order valence-corrected chi connectivity index (χ3v) is 3.37. The Bertz CT molecular complexity index is 544. The lowest BCUT2D eigenvalue weighted by molar-refractivity contribution is 0.873. The molecule has 3 N–H and O–H groups in total. The molecule has 1 heterocycles. The van der Waals surface area contributed by atoms with Gasteiger partial charge in [-0.05, 0) is 18.4 Å². The lowest BCUT2D eigenvalue weighted by atomic mass is 9.98. The number of hydrogen-bond acceptors (Lipinski definition) is 2. The largest absolute Gasteiger partial charge is 0.382 e. The van der Waals surface area contributed by atoms with E-state index in [1.54, 1.807) is 0 Å². The van der Waals surface area contributed by atoms with E-state index in [0.29, 0.717) is 11.7 Å². The molecule has 0 amide bonds. The molecule has 4 heteroatoms. The van der Waals surface area contributed by atoms with Crippen LogP contribution in [0.1, 0.15) is 30.9 Å². The lowest BCUT2D eigenvalue weighted by Crippen LogP contribution is -1.95. The predicted molar refractivity (Wildman–Crippen MR) is 72.3 cm³/mol. The summed E-state index contributed by atoms with van der Waals surface area (Å²) in [5.74, 6) is 0.855. The Morgan fingerprint density at radius 2 is 2.06 bits per heavy atom. The van der Waals surface area contributed by atoms with Crippen LogP contribution in [-0.2, 0) is 0 Å². The third kappa shape index (κ3) is 2.03. The topological polar surface area (TPSA) is 54.7 Å². The van der Waals surface area contributed by atoms with Crippen molar-refractivity contribution >= 4 is 17.4 Å². The molecule has 2 aromatic rings. The second-order valence-electron chi connectivity index (χ2n) is 4.49. The second-order valence-corrected chi connectivity index (χ2v) is 4.87. The number of nitrogens with two attached hydrogens (primary N) is 1. The highest BCUT2D eigenvalue weighted by molar-refractivity contribution is 6.34. The molecule has 0 spiro atoms. The fraction of sp³-hybridized carbons (Fsp3) is 0.308. The number of aromatic nitrogens is 2. The minimum atomic E-state index is 0.306. The fourth-order valence-corrected chi connectivity index (χ4v) is 2.22. The maximum atomic E-state index is 6.33. The molecule has 1 aromatic carbocycles. The number of anilines is 1. The highest BCUT2D eigenvalue weighted by Crippen LogP contribution is 2.36. The molecular formula is C13H16ClN3. The van der Waals surface area contributed by atoms with E-state index in [2.05, 4.69) is 24.0 Å². The van der Waals surface area contributed by atoms with E-state index in [1.165, 1.54) is 0 Å². The van der Waals surface area contributed by atoms with Gasteiger partial charge in [0.25, 0.3) is 0 Å². The van der Waals surface area contributed by atoms with Gasteiger partial charge in [0.15, 0.2) is 0 Å². The van der Waals surface area contributed by atoms with Gasteiger partial charge in [0.2, 0.25) is 0 Å². The molecular weight excluding hydrogens is 234 g/mol. The summed E-state index contributed by atoms with van der Waals surface area (Å²) < 4.78 is 0. The number of halogens is 1. The summed E-state index contributed by atoms with van der Waals surface area (Å²) in [4.78, 5) is 0. The van der Waals surface area contributed by atoms with Crippen LogP contribution in [0.25, 0.3) is 11.3 Å². The van der Waals surface area contributed by atoms with Gasteiger partial charge in [-0.3, -0.25) is 5.10 Å². The second kappa shape index (κ2) is 4.41. The lowest BCUT2D eigenvalue weighted by Gasteiger charge is -2.10. The number of nitrogens with zero attached hydrogens (tertiary/aromatic N) is 1. The molecule has 17 heavy (non-hydrogen) atoms. The van der Waals surface area contributed by atoms with Crippen molar-refractivity contribution in [3.05, 3.63) is 34.3 Å². The quantitative estimate of drug-likeness (QED) is 0.852. The number of aromatic amines is 1. The van der Waals surface area contributed by atoms with E-state index in [9.17, 15) is 0 Å². The van der Waals surface area contributed by atoms with Gasteiger partial charge in [-0.25, -0.2) is 0 Å². The molecule has 90 valence electrons. The monoisotopic (exact) mass is 249 g/mol. The van der Waals surface area contributed by atoms with Crippen molar-refractivity contribution in [1.82, 2.24) is 10.2 Å². The van der Waals surface area contributed by atoms with E-state index in [4.69, 9.17) is 17.3 Å². The first kappa shape index (κ1) is 12.0. The molecule has 3 nitrogen and oxygen atoms in total. The summed E-state index contributed by atoms with van der Waals surface area (Å²) in [7, 11) is 0. The van der Waals surface area contributed by atoms with Crippen molar-refractivity contribution in [3.8, 4) is 11.3 Å². The highest BCUT2D eigenvalue weighted by Gasteiger charge is 2.17. The normalized spacial score (nSPS) is 11.1. The number of aryl methyl sites for hydroxylation is 1. The van der Waals surface area contributed by atoms with Gasteiger partial charge >= 0.3 is 0 Å². The Morgan fingerprint density at radius 1 is 1.35 bits per heavy atom. The van der Waals surface area contributed by atoms with Crippen molar-refractivity contribution < 1.29 is 0 Å². The van der Waals surface area contributed by atoms with Crippen molar-refractivity contribution in [1.29, 1.82) is 0 Å².